The van der Waals surface area contributed by atoms with Crippen LogP contribution in [0.3, 0.4) is 0 Å². The number of imide groups is 1. The molecule has 162 valence electrons. The third-order valence-corrected chi connectivity index (χ3v) is 5.50. The normalized spacial score (nSPS) is 13.6. The summed E-state index contributed by atoms with van der Waals surface area (Å²) in [6.45, 7) is 3.29. The van der Waals surface area contributed by atoms with Crippen LogP contribution < -0.4 is 4.74 Å². The quantitative estimate of drug-likeness (QED) is 0.511. The summed E-state index contributed by atoms with van der Waals surface area (Å²) in [5.74, 6) is 0.101. The summed E-state index contributed by atoms with van der Waals surface area (Å²) >= 11 is 0. The lowest BCUT2D eigenvalue weighted by molar-refractivity contribution is -0.138. The zero-order valence-corrected chi connectivity index (χ0v) is 18.2. The van der Waals surface area contributed by atoms with Crippen molar-refractivity contribution in [1.82, 2.24) is 14.8 Å². The summed E-state index contributed by atoms with van der Waals surface area (Å²) in [6.07, 6.45) is 3.34. The van der Waals surface area contributed by atoms with E-state index in [2.05, 4.69) is 4.98 Å². The van der Waals surface area contributed by atoms with Crippen molar-refractivity contribution >= 4 is 17.4 Å². The van der Waals surface area contributed by atoms with Crippen molar-refractivity contribution in [2.75, 3.05) is 13.7 Å². The molecule has 0 aliphatic carbocycles. The summed E-state index contributed by atoms with van der Waals surface area (Å²) in [4.78, 5) is 34.5. The number of hydrogen-bond acceptors (Lipinski definition) is 5. The van der Waals surface area contributed by atoms with E-state index < -0.39 is 0 Å². The lowest BCUT2D eigenvalue weighted by Crippen LogP contribution is -2.34. The summed E-state index contributed by atoms with van der Waals surface area (Å²) in [5, 5.41) is 0. The molecular formula is C26H25N3O3. The molecule has 0 saturated heterocycles. The first-order valence-corrected chi connectivity index (χ1v) is 10.5. The predicted molar refractivity (Wildman–Crippen MR) is 122 cm³/mol. The summed E-state index contributed by atoms with van der Waals surface area (Å²) < 4.78 is 5.26. The Hall–Kier alpha value is -3.93. The van der Waals surface area contributed by atoms with Crippen molar-refractivity contribution in [3.8, 4) is 5.75 Å². The second-order valence-corrected chi connectivity index (χ2v) is 7.51. The zero-order chi connectivity index (χ0) is 22.5. The van der Waals surface area contributed by atoms with Gasteiger partial charge in [0.25, 0.3) is 11.8 Å². The minimum atomic E-state index is -0.300. The molecule has 6 nitrogen and oxygen atoms in total. The highest BCUT2D eigenvalue weighted by Crippen LogP contribution is 2.34. The summed E-state index contributed by atoms with van der Waals surface area (Å²) in [6, 6.07) is 20.8. The Balaban J connectivity index is 1.76. The number of aromatic nitrogens is 1. The number of likely N-dealkylation sites (N-methyl/N-ethyl adjacent to an activating group) is 1. The Kier molecular flexibility index (Phi) is 6.31. The fourth-order valence-electron chi connectivity index (χ4n) is 3.85. The average molecular weight is 428 g/mol. The molecule has 1 aliphatic heterocycles. The van der Waals surface area contributed by atoms with Crippen molar-refractivity contribution in [3.63, 3.8) is 0 Å². The molecule has 4 rings (SSSR count). The van der Waals surface area contributed by atoms with Gasteiger partial charge < -0.3 is 9.64 Å². The number of benzene rings is 2. The summed E-state index contributed by atoms with van der Waals surface area (Å²) in [5.41, 5.74) is 3.41. The van der Waals surface area contributed by atoms with E-state index in [-0.39, 0.29) is 18.4 Å². The molecule has 2 heterocycles. The highest BCUT2D eigenvalue weighted by Gasteiger charge is 2.41. The van der Waals surface area contributed by atoms with Gasteiger partial charge in [-0.25, -0.2) is 0 Å². The smallest absolute Gasteiger partial charge is 0.278 e. The van der Waals surface area contributed by atoms with Crippen LogP contribution in [0, 0.1) is 0 Å². The molecular weight excluding hydrogens is 402 g/mol. The molecule has 0 spiro atoms. The molecule has 0 bridgehead atoms. The monoisotopic (exact) mass is 427 g/mol. The van der Waals surface area contributed by atoms with Gasteiger partial charge in [0.15, 0.2) is 0 Å². The van der Waals surface area contributed by atoms with Gasteiger partial charge in [-0.15, -0.1) is 0 Å². The number of methoxy groups -OCH3 is 1. The maximum atomic E-state index is 13.6. The minimum absolute atomic E-state index is 0.178. The molecule has 0 saturated carbocycles. The number of hydrogen-bond donors (Lipinski definition) is 0. The van der Waals surface area contributed by atoms with E-state index >= 15 is 0 Å². The minimum Gasteiger partial charge on any atom is -0.497 e. The molecule has 0 N–H and O–H groups in total. The molecule has 32 heavy (non-hydrogen) atoms. The van der Waals surface area contributed by atoms with E-state index in [0.29, 0.717) is 35.7 Å². The molecule has 0 unspecified atom stereocenters. The van der Waals surface area contributed by atoms with E-state index in [1.165, 1.54) is 4.90 Å². The van der Waals surface area contributed by atoms with Gasteiger partial charge in [-0.3, -0.25) is 19.5 Å². The predicted octanol–water partition coefficient (Wildman–Crippen LogP) is 3.89. The van der Waals surface area contributed by atoms with Gasteiger partial charge in [-0.05, 0) is 41.8 Å². The van der Waals surface area contributed by atoms with Crippen LogP contribution in [0.4, 0.5) is 0 Å². The lowest BCUT2D eigenvalue weighted by atomic mass is 10.0. The van der Waals surface area contributed by atoms with E-state index in [9.17, 15) is 9.59 Å². The van der Waals surface area contributed by atoms with Crippen molar-refractivity contribution in [3.05, 3.63) is 102 Å². The SMILES string of the molecule is CCN(Cc1ccccc1)C1=C(c2ccc(OC)cc2)C(=O)N(Cc2cccnc2)C1=O. The molecule has 0 radical (unpaired) electrons. The van der Waals surface area contributed by atoms with Crippen LogP contribution in [-0.4, -0.2) is 40.3 Å². The number of carbonyl (C=O) groups excluding carboxylic acids is 2. The van der Waals surface area contributed by atoms with Crippen molar-refractivity contribution in [2.45, 2.75) is 20.0 Å². The van der Waals surface area contributed by atoms with Crippen LogP contribution >= 0.6 is 0 Å². The number of nitrogens with zero attached hydrogens (tertiary/aromatic N) is 3. The zero-order valence-electron chi connectivity index (χ0n) is 18.2. The molecule has 2 aromatic carbocycles. The molecule has 0 fully saturated rings. The number of pyridine rings is 1. The lowest BCUT2D eigenvalue weighted by Gasteiger charge is -2.25. The largest absolute Gasteiger partial charge is 0.497 e. The Morgan fingerprint density at radius 2 is 1.62 bits per heavy atom. The third kappa shape index (κ3) is 4.25. The Bertz CT molecular complexity index is 1130. The van der Waals surface area contributed by atoms with E-state index in [1.54, 1.807) is 37.7 Å². The molecule has 1 aromatic heterocycles. The van der Waals surface area contributed by atoms with Crippen LogP contribution in [0.2, 0.25) is 0 Å². The molecule has 2 amide bonds. The average Bonchev–Trinajstić information content (AvgIpc) is 3.08. The van der Waals surface area contributed by atoms with Crippen LogP contribution in [0.1, 0.15) is 23.6 Å². The maximum absolute atomic E-state index is 13.6. The van der Waals surface area contributed by atoms with Crippen LogP contribution in [0.25, 0.3) is 5.57 Å². The fraction of sp³-hybridized carbons (Fsp3) is 0.192. The van der Waals surface area contributed by atoms with Gasteiger partial charge in [0.1, 0.15) is 11.4 Å². The van der Waals surface area contributed by atoms with Gasteiger partial charge >= 0.3 is 0 Å². The number of rotatable bonds is 8. The Morgan fingerprint density at radius 3 is 2.25 bits per heavy atom. The maximum Gasteiger partial charge on any atom is 0.278 e. The highest BCUT2D eigenvalue weighted by atomic mass is 16.5. The first kappa shape index (κ1) is 21.3. The molecule has 6 heteroatoms. The number of ether oxygens (including phenoxy) is 1. The van der Waals surface area contributed by atoms with Crippen LogP contribution in [0.5, 0.6) is 5.75 Å². The second kappa shape index (κ2) is 9.47. The van der Waals surface area contributed by atoms with Crippen LogP contribution in [-0.2, 0) is 22.7 Å². The van der Waals surface area contributed by atoms with Crippen molar-refractivity contribution in [1.29, 1.82) is 0 Å². The molecule has 3 aromatic rings. The van der Waals surface area contributed by atoms with Crippen LogP contribution in [0.15, 0.2) is 84.8 Å². The van der Waals surface area contributed by atoms with Gasteiger partial charge in [0, 0.05) is 25.5 Å². The Morgan fingerprint density at radius 1 is 0.906 bits per heavy atom. The Labute approximate surface area is 187 Å². The van der Waals surface area contributed by atoms with Crippen molar-refractivity contribution < 1.29 is 14.3 Å². The van der Waals surface area contributed by atoms with E-state index in [0.717, 1.165) is 11.1 Å². The molecule has 1 aliphatic rings. The first-order valence-electron chi connectivity index (χ1n) is 10.5. The summed E-state index contributed by atoms with van der Waals surface area (Å²) in [7, 11) is 1.60. The van der Waals surface area contributed by atoms with Gasteiger partial charge in [-0.2, -0.15) is 0 Å². The first-order chi connectivity index (χ1) is 15.6. The van der Waals surface area contributed by atoms with Gasteiger partial charge in [-0.1, -0.05) is 48.5 Å². The topological polar surface area (TPSA) is 62.7 Å². The second-order valence-electron chi connectivity index (χ2n) is 7.51. The van der Waals surface area contributed by atoms with Crippen molar-refractivity contribution in [2.24, 2.45) is 0 Å². The van der Waals surface area contributed by atoms with Gasteiger partial charge in [0.05, 0.1) is 19.2 Å². The fourth-order valence-corrected chi connectivity index (χ4v) is 3.85. The highest BCUT2D eigenvalue weighted by molar-refractivity contribution is 6.35. The number of carbonyl (C=O) groups is 2. The van der Waals surface area contributed by atoms with E-state index in [4.69, 9.17) is 4.74 Å². The standard InChI is InChI=1S/C26H25N3O3/c1-3-28(17-19-8-5-4-6-9-19)24-23(21-11-13-22(32-2)14-12-21)25(30)29(26(24)31)18-20-10-7-15-27-16-20/h4-16H,3,17-18H2,1-2H3. The number of amides is 2. The van der Waals surface area contributed by atoms with Gasteiger partial charge in [0.2, 0.25) is 0 Å². The molecule has 0 atom stereocenters. The van der Waals surface area contributed by atoms with E-state index in [1.807, 2.05) is 60.4 Å². The third-order valence-electron chi connectivity index (χ3n) is 5.50.